The molecule has 1 aromatic carbocycles. The average Bonchev–Trinajstić information content (AvgIpc) is 2.89. The number of nitrogens with one attached hydrogen (secondary N) is 3. The van der Waals surface area contributed by atoms with Crippen molar-refractivity contribution >= 4 is 27.4 Å². The van der Waals surface area contributed by atoms with Crippen molar-refractivity contribution in [3.8, 4) is 0 Å². The molecule has 1 amide bonds. The molecule has 0 spiro atoms. The Bertz CT molecular complexity index is 1120. The van der Waals surface area contributed by atoms with Gasteiger partial charge in [-0.15, -0.1) is 0 Å². The molecular weight excluding hydrogens is 454 g/mol. The van der Waals surface area contributed by atoms with Gasteiger partial charge in [-0.05, 0) is 37.3 Å². The number of anilines is 2. The van der Waals surface area contributed by atoms with Crippen molar-refractivity contribution in [1.29, 1.82) is 0 Å². The molecule has 3 aliphatic rings. The topological polar surface area (TPSA) is 113 Å². The predicted octanol–water partition coefficient (Wildman–Crippen LogP) is 2.36. The number of fused-ring (bicyclic) bond motifs is 1. The van der Waals surface area contributed by atoms with Gasteiger partial charge in [-0.3, -0.25) is 4.79 Å². The number of carbonyl (C=O) groups excluding carboxylic acids is 1. The minimum Gasteiger partial charge on any atom is -0.380 e. The molecule has 34 heavy (non-hydrogen) atoms. The van der Waals surface area contributed by atoms with Crippen LogP contribution in [0.3, 0.4) is 0 Å². The van der Waals surface area contributed by atoms with Crippen LogP contribution in [0.15, 0.2) is 47.5 Å². The highest BCUT2D eigenvalue weighted by Gasteiger charge is 2.36. The molecule has 1 saturated carbocycles. The van der Waals surface area contributed by atoms with Crippen molar-refractivity contribution in [2.45, 2.75) is 42.7 Å². The van der Waals surface area contributed by atoms with E-state index < -0.39 is 10.0 Å². The van der Waals surface area contributed by atoms with E-state index in [0.717, 1.165) is 18.7 Å². The highest BCUT2D eigenvalue weighted by Crippen LogP contribution is 2.32. The Morgan fingerprint density at radius 1 is 1.09 bits per heavy atom. The van der Waals surface area contributed by atoms with Crippen LogP contribution < -0.4 is 15.4 Å². The van der Waals surface area contributed by atoms with Gasteiger partial charge >= 0.3 is 0 Å². The number of amides is 1. The number of morpholine rings is 1. The number of pyridine rings is 1. The molecule has 2 aliphatic heterocycles. The Morgan fingerprint density at radius 2 is 1.85 bits per heavy atom. The first kappa shape index (κ1) is 23.1. The molecule has 5 rings (SSSR count). The third-order valence-corrected chi connectivity index (χ3v) is 8.39. The standard InChI is InChI=1S/C24H31N5O4S/c30-24(29-12-13-33-16-22(29)17-4-2-1-3-5-17)18-6-8-19(9-7-18)28-34(31,32)20-14-21-23(27-15-20)26-11-10-25-21/h1-5,14-15,18-19,22,25,28H,6-13,16H2,(H,26,27). The highest BCUT2D eigenvalue weighted by atomic mass is 32.2. The molecule has 1 aromatic heterocycles. The van der Waals surface area contributed by atoms with Gasteiger partial charge in [0.25, 0.3) is 0 Å². The quantitative estimate of drug-likeness (QED) is 0.596. The number of rotatable bonds is 5. The van der Waals surface area contributed by atoms with Gasteiger partial charge < -0.3 is 20.3 Å². The predicted molar refractivity (Wildman–Crippen MR) is 129 cm³/mol. The van der Waals surface area contributed by atoms with Gasteiger partial charge in [0.05, 0.1) is 24.9 Å². The smallest absolute Gasteiger partial charge is 0.242 e. The summed E-state index contributed by atoms with van der Waals surface area (Å²) in [5.74, 6) is 0.725. The van der Waals surface area contributed by atoms with Gasteiger partial charge in [0.2, 0.25) is 15.9 Å². The molecule has 1 saturated heterocycles. The summed E-state index contributed by atoms with van der Waals surface area (Å²) < 4.78 is 34.4. The summed E-state index contributed by atoms with van der Waals surface area (Å²) in [6.45, 7) is 3.10. The summed E-state index contributed by atoms with van der Waals surface area (Å²) in [5.41, 5.74) is 1.78. The van der Waals surface area contributed by atoms with Crippen LogP contribution in [0.1, 0.15) is 37.3 Å². The van der Waals surface area contributed by atoms with Gasteiger partial charge in [-0.1, -0.05) is 30.3 Å². The minimum atomic E-state index is -3.69. The number of benzene rings is 1. The molecule has 3 heterocycles. The Balaban J connectivity index is 1.20. The fourth-order valence-corrected chi connectivity index (χ4v) is 6.32. The lowest BCUT2D eigenvalue weighted by molar-refractivity contribution is -0.145. The largest absolute Gasteiger partial charge is 0.380 e. The molecule has 3 N–H and O–H groups in total. The maximum atomic E-state index is 13.4. The van der Waals surface area contributed by atoms with E-state index in [1.807, 2.05) is 35.2 Å². The second-order valence-corrected chi connectivity index (χ2v) is 10.8. The van der Waals surface area contributed by atoms with Crippen molar-refractivity contribution in [1.82, 2.24) is 14.6 Å². The van der Waals surface area contributed by atoms with Crippen molar-refractivity contribution in [2.24, 2.45) is 5.92 Å². The lowest BCUT2D eigenvalue weighted by Gasteiger charge is -2.39. The molecule has 9 nitrogen and oxygen atoms in total. The van der Waals surface area contributed by atoms with Crippen LogP contribution in [0, 0.1) is 5.92 Å². The Hall–Kier alpha value is -2.69. The first-order valence-corrected chi connectivity index (χ1v) is 13.4. The first-order chi connectivity index (χ1) is 16.5. The van der Waals surface area contributed by atoms with E-state index in [-0.39, 0.29) is 28.8 Å². The van der Waals surface area contributed by atoms with Gasteiger partial charge in [0, 0.05) is 37.8 Å². The monoisotopic (exact) mass is 485 g/mol. The third-order valence-electron chi connectivity index (χ3n) is 6.90. The molecule has 1 unspecified atom stereocenters. The maximum absolute atomic E-state index is 13.4. The van der Waals surface area contributed by atoms with Gasteiger partial charge in [-0.2, -0.15) is 0 Å². The maximum Gasteiger partial charge on any atom is 0.242 e. The summed E-state index contributed by atoms with van der Waals surface area (Å²) in [4.78, 5) is 19.7. The zero-order chi connectivity index (χ0) is 23.5. The molecule has 0 radical (unpaired) electrons. The van der Waals surface area contributed by atoms with Gasteiger partial charge in [0.1, 0.15) is 10.7 Å². The Labute approximate surface area is 200 Å². The van der Waals surface area contributed by atoms with E-state index in [0.29, 0.717) is 56.9 Å². The van der Waals surface area contributed by atoms with Crippen molar-refractivity contribution in [3.63, 3.8) is 0 Å². The SMILES string of the molecule is O=C(C1CCC(NS(=O)(=O)c2cnc3c(c2)NCCN3)CC1)N1CCOCC1c1ccccc1. The van der Waals surface area contributed by atoms with E-state index in [4.69, 9.17) is 4.74 Å². The fourth-order valence-electron chi connectivity index (χ4n) is 5.05. The number of ether oxygens (including phenoxy) is 1. The number of carbonyl (C=O) groups is 1. The van der Waals surface area contributed by atoms with Gasteiger partial charge in [-0.25, -0.2) is 18.1 Å². The van der Waals surface area contributed by atoms with Crippen LogP contribution in [0.5, 0.6) is 0 Å². The van der Waals surface area contributed by atoms with Crippen molar-refractivity contribution < 1.29 is 17.9 Å². The molecule has 182 valence electrons. The van der Waals surface area contributed by atoms with Crippen LogP contribution in [-0.4, -0.2) is 63.1 Å². The van der Waals surface area contributed by atoms with Crippen LogP contribution in [0.25, 0.3) is 0 Å². The summed E-state index contributed by atoms with van der Waals surface area (Å²) >= 11 is 0. The summed E-state index contributed by atoms with van der Waals surface area (Å²) in [5, 5.41) is 6.32. The number of hydrogen-bond acceptors (Lipinski definition) is 7. The molecule has 0 bridgehead atoms. The van der Waals surface area contributed by atoms with Crippen molar-refractivity contribution in [2.75, 3.05) is 43.5 Å². The summed E-state index contributed by atoms with van der Waals surface area (Å²) in [6, 6.07) is 11.4. The highest BCUT2D eigenvalue weighted by molar-refractivity contribution is 7.89. The van der Waals surface area contributed by atoms with Gasteiger partial charge in [0.15, 0.2) is 0 Å². The average molecular weight is 486 g/mol. The Morgan fingerprint density at radius 3 is 2.65 bits per heavy atom. The molecule has 10 heteroatoms. The zero-order valence-electron chi connectivity index (χ0n) is 19.1. The molecular formula is C24H31N5O4S. The van der Waals surface area contributed by atoms with Crippen LogP contribution in [0.4, 0.5) is 11.5 Å². The minimum absolute atomic E-state index is 0.0710. The van der Waals surface area contributed by atoms with Crippen LogP contribution in [0.2, 0.25) is 0 Å². The van der Waals surface area contributed by atoms with Crippen LogP contribution >= 0.6 is 0 Å². The number of hydrogen-bond donors (Lipinski definition) is 3. The van der Waals surface area contributed by atoms with E-state index in [1.165, 1.54) is 6.20 Å². The second-order valence-electron chi connectivity index (χ2n) is 9.12. The molecule has 2 aromatic rings. The second kappa shape index (κ2) is 9.89. The molecule has 2 fully saturated rings. The Kier molecular flexibility index (Phi) is 6.71. The number of sulfonamides is 1. The summed E-state index contributed by atoms with van der Waals surface area (Å²) in [7, 11) is -3.69. The van der Waals surface area contributed by atoms with E-state index in [2.05, 4.69) is 20.3 Å². The number of aromatic nitrogens is 1. The normalized spacial score (nSPS) is 25.1. The first-order valence-electron chi connectivity index (χ1n) is 11.9. The molecule has 1 aliphatic carbocycles. The molecule has 1 atom stereocenters. The lowest BCUT2D eigenvalue weighted by atomic mass is 9.85. The number of nitrogens with zero attached hydrogens (tertiary/aromatic N) is 2. The van der Waals surface area contributed by atoms with E-state index in [1.54, 1.807) is 6.07 Å². The third kappa shape index (κ3) is 4.89. The van der Waals surface area contributed by atoms with Crippen LogP contribution in [-0.2, 0) is 19.6 Å². The van der Waals surface area contributed by atoms with Crippen molar-refractivity contribution in [3.05, 3.63) is 48.2 Å². The summed E-state index contributed by atoms with van der Waals surface area (Å²) in [6.07, 6.45) is 3.98. The fraction of sp³-hybridized carbons (Fsp3) is 0.500. The zero-order valence-corrected chi connectivity index (χ0v) is 19.9. The van der Waals surface area contributed by atoms with E-state index >= 15 is 0 Å². The lowest BCUT2D eigenvalue weighted by Crippen LogP contribution is -2.47. The van der Waals surface area contributed by atoms with E-state index in [9.17, 15) is 13.2 Å².